The molecular weight excluding hydrogens is 740 g/mol. The molecule has 14 nitrogen and oxygen atoms in total. The lowest BCUT2D eigenvalue weighted by molar-refractivity contribution is -0.167. The molecule has 0 fully saturated rings. The maximum atomic E-state index is 12.5. The van der Waals surface area contributed by atoms with Gasteiger partial charge in [-0.1, -0.05) is 79.1 Å². The molecule has 0 saturated carbocycles. The van der Waals surface area contributed by atoms with Crippen molar-refractivity contribution in [2.24, 2.45) is 0 Å². The van der Waals surface area contributed by atoms with Crippen LogP contribution in [0.15, 0.2) is 0 Å². The van der Waals surface area contributed by atoms with Crippen LogP contribution in [0.1, 0.15) is 195 Å². The molecule has 57 heavy (non-hydrogen) atoms. The Labute approximate surface area is 341 Å². The average molecular weight is 817 g/mol. The van der Waals surface area contributed by atoms with Gasteiger partial charge in [0.25, 0.3) is 0 Å². The van der Waals surface area contributed by atoms with Crippen molar-refractivity contribution in [2.75, 3.05) is 20.0 Å². The molecular formula is C43H76O14. The molecule has 0 saturated heterocycles. The molecule has 0 aromatic carbocycles. The minimum atomic E-state index is -0.895. The molecule has 0 aliphatic heterocycles. The second-order valence-electron chi connectivity index (χ2n) is 14.7. The van der Waals surface area contributed by atoms with Gasteiger partial charge in [0.05, 0.1) is 25.4 Å². The standard InChI is InChI=1S/C43H76O14/c1-5-9-12-23-36(56-42(50)29-19-27-38(46)52-31-8-4)34(44)21-14-16-25-40(48)54-33-55-41(49)26-17-15-22-35(45)37(24-13-10-6-2)57-43(51)30-20-28-39(47)53-32-18-11-7-3/h34-37,44-45H,5-33H2,1-4H3. The first-order valence-corrected chi connectivity index (χ1v) is 21.8. The first-order valence-electron chi connectivity index (χ1n) is 21.8. The molecule has 0 aromatic heterocycles. The van der Waals surface area contributed by atoms with E-state index in [1.807, 2.05) is 6.92 Å². The lowest BCUT2D eigenvalue weighted by Crippen LogP contribution is -2.31. The molecule has 0 bridgehead atoms. The predicted molar refractivity (Wildman–Crippen MR) is 213 cm³/mol. The minimum Gasteiger partial charge on any atom is -0.466 e. The van der Waals surface area contributed by atoms with Crippen LogP contribution in [0.3, 0.4) is 0 Å². The zero-order valence-corrected chi connectivity index (χ0v) is 35.6. The van der Waals surface area contributed by atoms with Gasteiger partial charge in [-0.15, -0.1) is 0 Å². The van der Waals surface area contributed by atoms with Crippen molar-refractivity contribution in [1.82, 2.24) is 0 Å². The highest BCUT2D eigenvalue weighted by atomic mass is 16.7. The molecule has 0 rings (SSSR count). The molecule has 4 unspecified atom stereocenters. The highest BCUT2D eigenvalue weighted by molar-refractivity contribution is 5.73. The quantitative estimate of drug-likeness (QED) is 0.0264. The highest BCUT2D eigenvalue weighted by Gasteiger charge is 2.24. The molecule has 14 heteroatoms. The van der Waals surface area contributed by atoms with E-state index in [-0.39, 0.29) is 50.5 Å². The molecule has 4 atom stereocenters. The van der Waals surface area contributed by atoms with Gasteiger partial charge in [0.2, 0.25) is 6.79 Å². The van der Waals surface area contributed by atoms with Gasteiger partial charge in [0.1, 0.15) is 12.2 Å². The average Bonchev–Trinajstić information content (AvgIpc) is 3.18. The van der Waals surface area contributed by atoms with Crippen LogP contribution in [-0.4, -0.2) is 90.5 Å². The minimum absolute atomic E-state index is 0.0544. The molecule has 2 N–H and O–H groups in total. The molecule has 0 spiro atoms. The zero-order valence-electron chi connectivity index (χ0n) is 35.6. The van der Waals surface area contributed by atoms with E-state index in [0.717, 1.165) is 64.2 Å². The summed E-state index contributed by atoms with van der Waals surface area (Å²) >= 11 is 0. The highest BCUT2D eigenvalue weighted by Crippen LogP contribution is 2.19. The number of rotatable bonds is 38. The Morgan fingerprint density at radius 2 is 0.719 bits per heavy atom. The number of aliphatic hydroxyl groups excluding tert-OH is 2. The van der Waals surface area contributed by atoms with Crippen molar-refractivity contribution in [3.05, 3.63) is 0 Å². The van der Waals surface area contributed by atoms with Crippen LogP contribution in [-0.2, 0) is 57.2 Å². The van der Waals surface area contributed by atoms with Crippen molar-refractivity contribution in [1.29, 1.82) is 0 Å². The van der Waals surface area contributed by atoms with E-state index in [2.05, 4.69) is 20.8 Å². The van der Waals surface area contributed by atoms with Crippen LogP contribution in [0.25, 0.3) is 0 Å². The monoisotopic (exact) mass is 817 g/mol. The third kappa shape index (κ3) is 32.4. The third-order valence-corrected chi connectivity index (χ3v) is 9.31. The van der Waals surface area contributed by atoms with Gasteiger partial charge in [-0.2, -0.15) is 0 Å². The lowest BCUT2D eigenvalue weighted by Gasteiger charge is -2.23. The van der Waals surface area contributed by atoms with Crippen molar-refractivity contribution in [3.8, 4) is 0 Å². The molecule has 0 aromatic rings. The Bertz CT molecular complexity index is 1080. The molecule has 332 valence electrons. The van der Waals surface area contributed by atoms with Gasteiger partial charge in [0.15, 0.2) is 0 Å². The molecule has 0 heterocycles. The summed E-state index contributed by atoms with van der Waals surface area (Å²) < 4.78 is 31.4. The summed E-state index contributed by atoms with van der Waals surface area (Å²) in [5, 5.41) is 21.6. The van der Waals surface area contributed by atoms with Crippen molar-refractivity contribution in [3.63, 3.8) is 0 Å². The fourth-order valence-corrected chi connectivity index (χ4v) is 5.88. The first-order chi connectivity index (χ1) is 27.5. The van der Waals surface area contributed by atoms with Gasteiger partial charge in [-0.05, 0) is 77.0 Å². The summed E-state index contributed by atoms with van der Waals surface area (Å²) in [6, 6.07) is 0. The second-order valence-corrected chi connectivity index (χ2v) is 14.7. The number of hydrogen-bond donors (Lipinski definition) is 2. The Morgan fingerprint density at radius 3 is 1.14 bits per heavy atom. The molecule has 0 radical (unpaired) electrons. The summed E-state index contributed by atoms with van der Waals surface area (Å²) in [6.07, 6.45) is 10.5. The van der Waals surface area contributed by atoms with Crippen molar-refractivity contribution in [2.45, 2.75) is 219 Å². The summed E-state index contributed by atoms with van der Waals surface area (Å²) in [4.78, 5) is 72.8. The number of esters is 6. The molecule has 0 amide bonds. The number of hydrogen-bond acceptors (Lipinski definition) is 14. The van der Waals surface area contributed by atoms with E-state index < -0.39 is 55.1 Å². The maximum Gasteiger partial charge on any atom is 0.308 e. The van der Waals surface area contributed by atoms with E-state index in [4.69, 9.17) is 28.4 Å². The summed E-state index contributed by atoms with van der Waals surface area (Å²) in [5.74, 6) is -2.71. The smallest absolute Gasteiger partial charge is 0.308 e. The van der Waals surface area contributed by atoms with E-state index in [9.17, 15) is 39.0 Å². The van der Waals surface area contributed by atoms with Crippen LogP contribution in [0.4, 0.5) is 0 Å². The topological polar surface area (TPSA) is 198 Å². The van der Waals surface area contributed by atoms with Gasteiger partial charge in [-0.3, -0.25) is 28.8 Å². The largest absolute Gasteiger partial charge is 0.466 e. The summed E-state index contributed by atoms with van der Waals surface area (Å²) in [5.41, 5.74) is 0. The molecule has 0 aliphatic carbocycles. The second kappa shape index (κ2) is 37.0. The Morgan fingerprint density at radius 1 is 0.368 bits per heavy atom. The Kier molecular flexibility index (Phi) is 34.9. The Hall–Kier alpha value is -3.26. The maximum absolute atomic E-state index is 12.5. The number of carbonyl (C=O) groups excluding carboxylic acids is 6. The van der Waals surface area contributed by atoms with E-state index >= 15 is 0 Å². The fourth-order valence-electron chi connectivity index (χ4n) is 5.88. The van der Waals surface area contributed by atoms with Crippen LogP contribution < -0.4 is 0 Å². The lowest BCUT2D eigenvalue weighted by atomic mass is 10.0. The number of unbranched alkanes of at least 4 members (excludes halogenated alkanes) is 8. The van der Waals surface area contributed by atoms with Crippen LogP contribution in [0.2, 0.25) is 0 Å². The summed E-state index contributed by atoms with van der Waals surface area (Å²) in [7, 11) is 0. The van der Waals surface area contributed by atoms with Crippen molar-refractivity contribution < 1.29 is 67.4 Å². The summed E-state index contributed by atoms with van der Waals surface area (Å²) in [6.45, 7) is 8.31. The SMILES string of the molecule is CCCCCOC(=O)CCCC(=O)OC(CCCCC)C(O)CCCCC(=O)OCOC(=O)CCCCC(O)C(CCCCC)OC(=O)CCCC(=O)OCCC. The number of ether oxygens (including phenoxy) is 6. The van der Waals surface area contributed by atoms with E-state index in [1.54, 1.807) is 0 Å². The Balaban J connectivity index is 4.40. The van der Waals surface area contributed by atoms with Gasteiger partial charge >= 0.3 is 35.8 Å². The van der Waals surface area contributed by atoms with E-state index in [0.29, 0.717) is 77.4 Å². The van der Waals surface area contributed by atoms with Crippen LogP contribution in [0, 0.1) is 0 Å². The van der Waals surface area contributed by atoms with E-state index in [1.165, 1.54) is 0 Å². The van der Waals surface area contributed by atoms with Crippen LogP contribution in [0.5, 0.6) is 0 Å². The first kappa shape index (κ1) is 53.7. The van der Waals surface area contributed by atoms with Crippen LogP contribution >= 0.6 is 0 Å². The fraction of sp³-hybridized carbons (Fsp3) is 0.860. The molecule has 0 aliphatic rings. The number of aliphatic hydroxyl groups is 2. The zero-order chi connectivity index (χ0) is 42.5. The van der Waals surface area contributed by atoms with Gasteiger partial charge < -0.3 is 38.6 Å². The van der Waals surface area contributed by atoms with Crippen molar-refractivity contribution >= 4 is 35.8 Å². The third-order valence-electron chi connectivity index (χ3n) is 9.31. The number of carbonyl (C=O) groups is 6. The van der Waals surface area contributed by atoms with Gasteiger partial charge in [-0.25, -0.2) is 0 Å². The normalized spacial score (nSPS) is 13.2. The van der Waals surface area contributed by atoms with Gasteiger partial charge in [0, 0.05) is 38.5 Å². The predicted octanol–water partition coefficient (Wildman–Crippen LogP) is 7.88.